The molecule has 1 aromatic rings. The van der Waals surface area contributed by atoms with Gasteiger partial charge in [-0.25, -0.2) is 0 Å². The second-order valence-electron chi connectivity index (χ2n) is 2.76. The van der Waals surface area contributed by atoms with Gasteiger partial charge in [-0.15, -0.1) is 11.6 Å². The molecule has 0 spiro atoms. The van der Waals surface area contributed by atoms with Gasteiger partial charge in [0.1, 0.15) is 0 Å². The van der Waals surface area contributed by atoms with Crippen molar-refractivity contribution in [3.8, 4) is 0 Å². The lowest BCUT2D eigenvalue weighted by Gasteiger charge is -2.20. The number of nitrogens with one attached hydrogen (secondary N) is 1. The van der Waals surface area contributed by atoms with E-state index in [1.54, 1.807) is 0 Å². The summed E-state index contributed by atoms with van der Waals surface area (Å²) in [6, 6.07) is 4.33. The smallest absolute Gasteiger partial charge is 0.0630 e. The second kappa shape index (κ2) is 3.79. The van der Waals surface area contributed by atoms with Crippen molar-refractivity contribution in [2.75, 3.05) is 20.0 Å². The number of H-pyrrole nitrogens is 1. The lowest BCUT2D eigenvalue weighted by molar-refractivity contribution is 0.319. The van der Waals surface area contributed by atoms with E-state index in [2.05, 4.69) is 9.88 Å². The van der Waals surface area contributed by atoms with Gasteiger partial charge in [0.05, 0.1) is 6.04 Å². The van der Waals surface area contributed by atoms with Crippen molar-refractivity contribution in [3.05, 3.63) is 24.0 Å². The van der Waals surface area contributed by atoms with Crippen molar-refractivity contribution in [3.63, 3.8) is 0 Å². The van der Waals surface area contributed by atoms with Crippen LogP contribution < -0.4 is 0 Å². The predicted octanol–water partition coefficient (Wildman–Crippen LogP) is 1.86. The fourth-order valence-electron chi connectivity index (χ4n) is 1.05. The molecule has 0 aromatic carbocycles. The van der Waals surface area contributed by atoms with E-state index in [9.17, 15) is 0 Å². The third-order valence-corrected chi connectivity index (χ3v) is 2.04. The molecule has 1 aromatic heterocycles. The lowest BCUT2D eigenvalue weighted by Crippen LogP contribution is -2.21. The molecule has 0 aliphatic heterocycles. The summed E-state index contributed by atoms with van der Waals surface area (Å²) >= 11 is 5.79. The third-order valence-electron chi connectivity index (χ3n) is 1.75. The number of hydrogen-bond acceptors (Lipinski definition) is 1. The molecule has 1 heterocycles. The van der Waals surface area contributed by atoms with Crippen LogP contribution in [0, 0.1) is 0 Å². The lowest BCUT2D eigenvalue weighted by atomic mass is 10.2. The fourth-order valence-corrected chi connectivity index (χ4v) is 1.49. The molecule has 0 radical (unpaired) electrons. The second-order valence-corrected chi connectivity index (χ2v) is 3.07. The van der Waals surface area contributed by atoms with Crippen LogP contribution in [0.2, 0.25) is 0 Å². The third kappa shape index (κ3) is 1.98. The van der Waals surface area contributed by atoms with Crippen LogP contribution >= 0.6 is 11.6 Å². The average molecular weight is 173 g/mol. The van der Waals surface area contributed by atoms with E-state index in [0.717, 1.165) is 0 Å². The van der Waals surface area contributed by atoms with Crippen molar-refractivity contribution in [2.45, 2.75) is 6.04 Å². The van der Waals surface area contributed by atoms with E-state index in [1.807, 2.05) is 32.4 Å². The molecule has 0 aliphatic rings. The predicted molar refractivity (Wildman–Crippen MR) is 47.9 cm³/mol. The van der Waals surface area contributed by atoms with Gasteiger partial charge in [0.15, 0.2) is 0 Å². The Labute approximate surface area is 72.2 Å². The molecule has 1 atom stereocenters. The first-order chi connectivity index (χ1) is 5.25. The minimum Gasteiger partial charge on any atom is -0.364 e. The molecule has 2 nitrogen and oxygen atoms in total. The molecule has 11 heavy (non-hydrogen) atoms. The van der Waals surface area contributed by atoms with Crippen LogP contribution in [-0.4, -0.2) is 29.9 Å². The summed E-state index contributed by atoms with van der Waals surface area (Å²) in [5, 5.41) is 0. The highest BCUT2D eigenvalue weighted by Crippen LogP contribution is 2.16. The summed E-state index contributed by atoms with van der Waals surface area (Å²) < 4.78 is 0. The molecule has 1 rings (SSSR count). The molecule has 3 heteroatoms. The van der Waals surface area contributed by atoms with E-state index in [-0.39, 0.29) is 0 Å². The summed E-state index contributed by atoms with van der Waals surface area (Å²) in [6.45, 7) is 0. The van der Waals surface area contributed by atoms with Gasteiger partial charge in [0, 0.05) is 17.8 Å². The summed E-state index contributed by atoms with van der Waals surface area (Å²) in [4.78, 5) is 5.24. The van der Waals surface area contributed by atoms with Crippen LogP contribution in [0.5, 0.6) is 0 Å². The van der Waals surface area contributed by atoms with Crippen molar-refractivity contribution in [2.24, 2.45) is 0 Å². The average Bonchev–Trinajstić information content (AvgIpc) is 2.40. The maximum absolute atomic E-state index is 5.79. The van der Waals surface area contributed by atoms with Gasteiger partial charge in [0.2, 0.25) is 0 Å². The van der Waals surface area contributed by atoms with E-state index in [4.69, 9.17) is 11.6 Å². The van der Waals surface area contributed by atoms with Gasteiger partial charge >= 0.3 is 0 Å². The number of aromatic amines is 1. The molecule has 0 fully saturated rings. The molecule has 0 bridgehead atoms. The molecule has 0 amide bonds. The Hall–Kier alpha value is -0.470. The molecule has 0 aliphatic carbocycles. The Morgan fingerprint density at radius 1 is 1.64 bits per heavy atom. The van der Waals surface area contributed by atoms with Crippen LogP contribution in [0.25, 0.3) is 0 Å². The molecule has 62 valence electrons. The minimum atomic E-state index is 0.298. The first kappa shape index (κ1) is 8.62. The number of hydrogen-bond donors (Lipinski definition) is 1. The molecule has 0 saturated carbocycles. The number of halogens is 1. The van der Waals surface area contributed by atoms with Crippen LogP contribution in [-0.2, 0) is 0 Å². The highest BCUT2D eigenvalue weighted by atomic mass is 35.5. The highest BCUT2D eigenvalue weighted by molar-refractivity contribution is 6.18. The van der Waals surface area contributed by atoms with Gasteiger partial charge in [-0.2, -0.15) is 0 Å². The maximum Gasteiger partial charge on any atom is 0.0630 e. The zero-order valence-electron chi connectivity index (χ0n) is 6.84. The quantitative estimate of drug-likeness (QED) is 0.690. The van der Waals surface area contributed by atoms with E-state index in [0.29, 0.717) is 11.9 Å². The summed E-state index contributed by atoms with van der Waals surface area (Å²) in [5.74, 6) is 0.619. The SMILES string of the molecule is CN(C)C(CCl)c1ccc[nH]1. The maximum atomic E-state index is 5.79. The number of rotatable bonds is 3. The Morgan fingerprint density at radius 2 is 2.36 bits per heavy atom. The molecular weight excluding hydrogens is 160 g/mol. The normalized spacial score (nSPS) is 13.8. The van der Waals surface area contributed by atoms with Gasteiger partial charge in [-0.3, -0.25) is 0 Å². The van der Waals surface area contributed by atoms with Gasteiger partial charge < -0.3 is 9.88 Å². The highest BCUT2D eigenvalue weighted by Gasteiger charge is 2.12. The van der Waals surface area contributed by atoms with Crippen LogP contribution in [0.15, 0.2) is 18.3 Å². The standard InChI is InChI=1S/C8H13ClN2/c1-11(2)8(6-9)7-4-3-5-10-7/h3-5,8,10H,6H2,1-2H3. The van der Waals surface area contributed by atoms with Crippen molar-refractivity contribution < 1.29 is 0 Å². The van der Waals surface area contributed by atoms with E-state index >= 15 is 0 Å². The monoisotopic (exact) mass is 172 g/mol. The van der Waals surface area contributed by atoms with Gasteiger partial charge in [0.25, 0.3) is 0 Å². The topological polar surface area (TPSA) is 19.0 Å². The van der Waals surface area contributed by atoms with Gasteiger partial charge in [-0.1, -0.05) is 0 Å². The Balaban J connectivity index is 2.71. The Bertz CT molecular complexity index is 194. The van der Waals surface area contributed by atoms with Crippen molar-refractivity contribution in [1.82, 2.24) is 9.88 Å². The summed E-state index contributed by atoms with van der Waals surface area (Å²) in [7, 11) is 4.04. The molecular formula is C8H13ClN2. The first-order valence-corrected chi connectivity index (χ1v) is 4.15. The van der Waals surface area contributed by atoms with Crippen LogP contribution in [0.1, 0.15) is 11.7 Å². The largest absolute Gasteiger partial charge is 0.364 e. The van der Waals surface area contributed by atoms with Crippen LogP contribution in [0.3, 0.4) is 0 Å². The number of nitrogens with zero attached hydrogens (tertiary/aromatic N) is 1. The van der Waals surface area contributed by atoms with E-state index in [1.165, 1.54) is 5.69 Å². The molecule has 1 N–H and O–H groups in total. The van der Waals surface area contributed by atoms with Crippen molar-refractivity contribution in [1.29, 1.82) is 0 Å². The summed E-state index contributed by atoms with van der Waals surface area (Å²) in [6.07, 6.45) is 1.92. The van der Waals surface area contributed by atoms with E-state index < -0.39 is 0 Å². The Kier molecular flexibility index (Phi) is 2.97. The number of alkyl halides is 1. The Morgan fingerprint density at radius 3 is 2.73 bits per heavy atom. The molecule has 1 unspecified atom stereocenters. The zero-order valence-corrected chi connectivity index (χ0v) is 7.60. The fraction of sp³-hybridized carbons (Fsp3) is 0.500. The van der Waals surface area contributed by atoms with Crippen LogP contribution in [0.4, 0.5) is 0 Å². The minimum absolute atomic E-state index is 0.298. The van der Waals surface area contributed by atoms with Gasteiger partial charge in [-0.05, 0) is 26.2 Å². The zero-order chi connectivity index (χ0) is 8.27. The first-order valence-electron chi connectivity index (χ1n) is 3.61. The van der Waals surface area contributed by atoms with Crippen molar-refractivity contribution >= 4 is 11.6 Å². The summed E-state index contributed by atoms with van der Waals surface area (Å²) in [5.41, 5.74) is 1.17. The number of aromatic nitrogens is 1. The molecule has 0 saturated heterocycles.